The Kier molecular flexibility index (Phi) is 9.50. The van der Waals surface area contributed by atoms with Gasteiger partial charge < -0.3 is 15.2 Å². The van der Waals surface area contributed by atoms with E-state index < -0.39 is 35.0 Å². The van der Waals surface area contributed by atoms with E-state index in [4.69, 9.17) is 21.4 Å². The number of fused-ring (bicyclic) bond motifs is 5. The maximum absolute atomic E-state index is 15.2. The Bertz CT molecular complexity index is 2800. The number of halogens is 1. The number of carbonyl (C=O) groups is 4. The minimum atomic E-state index is -1.23. The van der Waals surface area contributed by atoms with Crippen LogP contribution in [0.2, 0.25) is 5.02 Å². The van der Waals surface area contributed by atoms with Crippen molar-refractivity contribution in [2.75, 3.05) is 28.3 Å². The number of nitrogens with zero attached hydrogens (tertiary/aromatic N) is 4. The smallest absolute Gasteiger partial charge is 0.242 e. The Labute approximate surface area is 361 Å². The molecule has 4 aliphatic rings. The van der Waals surface area contributed by atoms with E-state index in [1.54, 1.807) is 53.4 Å². The molecule has 3 fully saturated rings. The number of hydrogen-bond acceptors (Lipinski definition) is 9. The van der Waals surface area contributed by atoms with Crippen LogP contribution in [0, 0.1) is 36.0 Å². The van der Waals surface area contributed by atoms with Crippen LogP contribution in [0.25, 0.3) is 20.7 Å². The van der Waals surface area contributed by atoms with Crippen molar-refractivity contribution >= 4 is 79.5 Å². The van der Waals surface area contributed by atoms with Crippen LogP contribution >= 0.6 is 22.9 Å². The number of aryl methyl sites for hydroxylation is 2. The molecule has 2 N–H and O–H groups in total. The predicted octanol–water partition coefficient (Wildman–Crippen LogP) is 8.81. The normalized spacial score (nSPS) is 24.5. The highest BCUT2D eigenvalue weighted by Gasteiger charge is 2.68. The summed E-state index contributed by atoms with van der Waals surface area (Å²) in [7, 11) is 1.74. The van der Waals surface area contributed by atoms with Gasteiger partial charge in [0.2, 0.25) is 23.6 Å². The monoisotopic (exact) mass is 851 g/mol. The molecule has 2 saturated heterocycles. The van der Waals surface area contributed by atoms with E-state index in [1.165, 1.54) is 9.80 Å². The highest BCUT2D eigenvalue weighted by Crippen LogP contribution is 2.64. The second-order valence-electron chi connectivity index (χ2n) is 16.6. The molecule has 6 unspecified atom stereocenters. The van der Waals surface area contributed by atoms with E-state index in [-0.39, 0.29) is 43.3 Å². The van der Waals surface area contributed by atoms with E-state index in [1.807, 2.05) is 86.6 Å². The number of anilines is 4. The van der Waals surface area contributed by atoms with Crippen molar-refractivity contribution in [1.29, 1.82) is 0 Å². The lowest BCUT2D eigenvalue weighted by molar-refractivity contribution is -0.131. The second kappa shape index (κ2) is 14.8. The Morgan fingerprint density at radius 1 is 0.885 bits per heavy atom. The fourth-order valence-corrected chi connectivity index (χ4v) is 11.7. The molecule has 6 aromatic rings. The van der Waals surface area contributed by atoms with Crippen LogP contribution in [0.15, 0.2) is 115 Å². The number of amides is 4. The number of thiophene rings is 1. The van der Waals surface area contributed by atoms with Crippen molar-refractivity contribution < 1.29 is 29.0 Å². The third-order valence-corrected chi connectivity index (χ3v) is 14.8. The van der Waals surface area contributed by atoms with Gasteiger partial charge in [-0.2, -0.15) is 5.10 Å². The first-order valence-electron chi connectivity index (χ1n) is 20.4. The Balaban J connectivity index is 1.02. The number of carbonyl (C=O) groups excluding carboxylic acids is 4. The van der Waals surface area contributed by atoms with Crippen molar-refractivity contribution in [2.45, 2.75) is 32.6 Å². The molecule has 0 spiro atoms. The number of hydrogen-bond donors (Lipinski definition) is 2. The van der Waals surface area contributed by atoms with E-state index in [0.29, 0.717) is 34.4 Å². The van der Waals surface area contributed by atoms with Gasteiger partial charge in [-0.05, 0) is 116 Å². The minimum Gasteiger partial charge on any atom is -0.491 e. The van der Waals surface area contributed by atoms with Gasteiger partial charge in [0.25, 0.3) is 0 Å². The number of aliphatic hydroxyl groups excluding tert-OH is 1. The van der Waals surface area contributed by atoms with E-state index >= 15 is 9.59 Å². The zero-order valence-corrected chi connectivity index (χ0v) is 35.2. The molecule has 61 heavy (non-hydrogen) atoms. The fraction of sp³-hybridized carbons (Fsp3) is 0.271. The fourth-order valence-electron chi connectivity index (χ4n) is 10.4. The lowest BCUT2D eigenvalue weighted by atomic mass is 9.51. The number of aromatic nitrogens is 2. The van der Waals surface area contributed by atoms with Crippen molar-refractivity contribution in [1.82, 2.24) is 9.78 Å². The van der Waals surface area contributed by atoms with Crippen molar-refractivity contribution in [2.24, 2.45) is 36.1 Å². The summed E-state index contributed by atoms with van der Waals surface area (Å²) >= 11 is 7.92. The van der Waals surface area contributed by atoms with Gasteiger partial charge in [-0.1, -0.05) is 53.6 Å². The van der Waals surface area contributed by atoms with E-state index in [2.05, 4.69) is 11.4 Å². The molecule has 4 aromatic carbocycles. The number of allylic oxidation sites excluding steroid dienone is 2. The standard InChI is InChI=1S/C48H42ClN5O6S/c1-26-35-23-28(49)11-20-39(35)61-43(26)38-25-40(52(3)51-38)54-45(57)37-24-36-33(42(48(37,2)47(54)59)27-9-16-32(17-10-27)60-22-21-55)18-19-34-41(36)46(58)53(44(34)56)31-14-12-30(13-15-31)50-29-7-5-4-6-8-29/h4-18,20,23,25,34,36-37,41-42,50,55H,19,21-22,24H2,1-3H3. The molecule has 4 heterocycles. The molecule has 13 heteroatoms. The van der Waals surface area contributed by atoms with Crippen LogP contribution in [-0.4, -0.2) is 51.7 Å². The van der Waals surface area contributed by atoms with Crippen LogP contribution in [0.1, 0.15) is 36.8 Å². The summed E-state index contributed by atoms with van der Waals surface area (Å²) in [5, 5.41) is 19.2. The quantitative estimate of drug-likeness (QED) is 0.109. The van der Waals surface area contributed by atoms with Gasteiger partial charge in [0, 0.05) is 40.1 Å². The van der Waals surface area contributed by atoms with Gasteiger partial charge in [-0.15, -0.1) is 11.3 Å². The molecule has 6 atom stereocenters. The number of imide groups is 2. The number of nitrogens with one attached hydrogen (secondary N) is 1. The maximum Gasteiger partial charge on any atom is 0.242 e. The Morgan fingerprint density at radius 3 is 2.36 bits per heavy atom. The molecular formula is C48H42ClN5O6S. The highest BCUT2D eigenvalue weighted by atomic mass is 35.5. The number of rotatable bonds is 9. The molecule has 11 nitrogen and oxygen atoms in total. The minimum absolute atomic E-state index is 0.126. The molecule has 308 valence electrons. The summed E-state index contributed by atoms with van der Waals surface area (Å²) in [6.45, 7) is 3.88. The zero-order valence-electron chi connectivity index (χ0n) is 33.7. The lowest BCUT2D eigenvalue weighted by Crippen LogP contribution is -2.48. The summed E-state index contributed by atoms with van der Waals surface area (Å²) in [5.41, 5.74) is 4.32. The third kappa shape index (κ3) is 6.14. The molecule has 10 rings (SSSR count). The summed E-state index contributed by atoms with van der Waals surface area (Å²) in [6.07, 6.45) is 2.61. The molecule has 2 aromatic heterocycles. The topological polar surface area (TPSA) is 134 Å². The average molecular weight is 852 g/mol. The van der Waals surface area contributed by atoms with E-state index in [9.17, 15) is 14.7 Å². The van der Waals surface area contributed by atoms with Crippen molar-refractivity contribution in [3.8, 4) is 16.3 Å². The number of benzene rings is 4. The highest BCUT2D eigenvalue weighted by molar-refractivity contribution is 7.22. The summed E-state index contributed by atoms with van der Waals surface area (Å²) in [6, 6.07) is 32.0. The van der Waals surface area contributed by atoms with Crippen LogP contribution < -0.4 is 19.9 Å². The first-order valence-corrected chi connectivity index (χ1v) is 21.6. The summed E-state index contributed by atoms with van der Waals surface area (Å²) in [5.74, 6) is -3.52. The lowest BCUT2D eigenvalue weighted by Gasteiger charge is -2.49. The van der Waals surface area contributed by atoms with Crippen LogP contribution in [0.4, 0.5) is 22.9 Å². The number of aliphatic hydroxyl groups is 1. The summed E-state index contributed by atoms with van der Waals surface area (Å²) in [4.78, 5) is 62.8. The van der Waals surface area contributed by atoms with Crippen molar-refractivity contribution in [3.63, 3.8) is 0 Å². The zero-order chi connectivity index (χ0) is 42.3. The van der Waals surface area contributed by atoms with Gasteiger partial charge in [0.15, 0.2) is 0 Å². The number of para-hydroxylation sites is 1. The maximum atomic E-state index is 15.2. The Hall–Kier alpha value is -6.08. The average Bonchev–Trinajstić information content (AvgIpc) is 3.94. The molecule has 4 amide bonds. The second-order valence-corrected chi connectivity index (χ2v) is 18.0. The predicted molar refractivity (Wildman–Crippen MR) is 236 cm³/mol. The van der Waals surface area contributed by atoms with Crippen LogP contribution in [0.3, 0.4) is 0 Å². The van der Waals surface area contributed by atoms with Gasteiger partial charge in [0.1, 0.15) is 23.9 Å². The molecule has 0 bridgehead atoms. The Morgan fingerprint density at radius 2 is 1.62 bits per heavy atom. The molecule has 2 aliphatic carbocycles. The third-order valence-electron chi connectivity index (χ3n) is 13.3. The molecule has 0 radical (unpaired) electrons. The number of ether oxygens (including phenoxy) is 1. The van der Waals surface area contributed by atoms with Gasteiger partial charge >= 0.3 is 0 Å². The van der Waals surface area contributed by atoms with Gasteiger partial charge in [0.05, 0.1) is 40.3 Å². The van der Waals surface area contributed by atoms with E-state index in [0.717, 1.165) is 43.0 Å². The molecule has 2 aliphatic heterocycles. The molecular weight excluding hydrogens is 810 g/mol. The first kappa shape index (κ1) is 39.1. The van der Waals surface area contributed by atoms with Crippen molar-refractivity contribution in [3.05, 3.63) is 131 Å². The van der Waals surface area contributed by atoms with Crippen LogP contribution in [-0.2, 0) is 26.2 Å². The molecule has 1 saturated carbocycles. The first-order chi connectivity index (χ1) is 29.5. The summed E-state index contributed by atoms with van der Waals surface area (Å²) < 4.78 is 8.33. The SMILES string of the molecule is Cc1c(-c2cc(N3C(=O)C4CC5C(=CCC6C(=O)N(c7ccc(Nc8ccccc8)cc7)C(=O)C65)C(c5ccc(OCCO)cc5)C4(C)C3=O)n(C)n2)sc2ccc(Cl)cc12. The van der Waals surface area contributed by atoms with Crippen LogP contribution in [0.5, 0.6) is 5.75 Å². The van der Waals surface area contributed by atoms with Gasteiger partial charge in [-0.3, -0.25) is 28.8 Å². The largest absolute Gasteiger partial charge is 0.491 e. The van der Waals surface area contributed by atoms with Gasteiger partial charge in [-0.25, -0.2) is 4.90 Å².